The summed E-state index contributed by atoms with van der Waals surface area (Å²) in [6.45, 7) is 2.46. The van der Waals surface area contributed by atoms with Crippen LogP contribution in [0, 0.1) is 5.41 Å². The Balaban J connectivity index is 1.56. The largest absolute Gasteiger partial charge is 0.299 e. The number of rotatable bonds is 2. The Hall–Kier alpha value is -0.480. The molecule has 1 aliphatic carbocycles. The Morgan fingerprint density at radius 3 is 2.17 bits per heavy atom. The second kappa shape index (κ2) is 4.27. The van der Waals surface area contributed by atoms with E-state index in [2.05, 4.69) is 33.0 Å². The molecule has 0 N–H and O–H groups in total. The van der Waals surface area contributed by atoms with E-state index < -0.39 is 11.3 Å². The van der Waals surface area contributed by atoms with Crippen molar-refractivity contribution >= 4 is 15.9 Å². The molecule has 1 heterocycles. The number of nitrogens with zero attached hydrogens (tertiary/aromatic N) is 1. The van der Waals surface area contributed by atoms with Gasteiger partial charge in [0.25, 0.3) is 5.92 Å². The van der Waals surface area contributed by atoms with Gasteiger partial charge in [-0.15, -0.1) is 0 Å². The topological polar surface area (TPSA) is 3.24 Å². The normalized spacial score (nSPS) is 25.3. The quantitative estimate of drug-likeness (QED) is 0.795. The minimum atomic E-state index is -2.38. The molecular formula is C14H16BrF2N. The SMILES string of the molecule is FC1(F)CC12CCN(Cc1ccc(Br)cc1)CC2. The van der Waals surface area contributed by atoms with E-state index in [0.717, 1.165) is 24.1 Å². The lowest BCUT2D eigenvalue weighted by molar-refractivity contribution is 0.0300. The predicted molar refractivity (Wildman–Crippen MR) is 70.7 cm³/mol. The Morgan fingerprint density at radius 2 is 1.67 bits per heavy atom. The van der Waals surface area contributed by atoms with Crippen molar-refractivity contribution in [2.24, 2.45) is 5.41 Å². The van der Waals surface area contributed by atoms with E-state index in [9.17, 15) is 8.78 Å². The molecule has 1 nitrogen and oxygen atoms in total. The third kappa shape index (κ3) is 2.21. The predicted octanol–water partition coefficient (Wildman–Crippen LogP) is 4.07. The molecule has 0 atom stereocenters. The molecule has 2 aliphatic rings. The molecule has 0 unspecified atom stereocenters. The van der Waals surface area contributed by atoms with Crippen molar-refractivity contribution in [1.82, 2.24) is 4.90 Å². The van der Waals surface area contributed by atoms with Gasteiger partial charge in [-0.05, 0) is 43.6 Å². The Labute approximate surface area is 114 Å². The van der Waals surface area contributed by atoms with Gasteiger partial charge in [-0.3, -0.25) is 4.90 Å². The van der Waals surface area contributed by atoms with Gasteiger partial charge in [-0.1, -0.05) is 28.1 Å². The highest BCUT2D eigenvalue weighted by atomic mass is 79.9. The van der Waals surface area contributed by atoms with Crippen LogP contribution in [-0.2, 0) is 6.54 Å². The highest BCUT2D eigenvalue weighted by Gasteiger charge is 2.70. The summed E-state index contributed by atoms with van der Waals surface area (Å²) >= 11 is 3.41. The van der Waals surface area contributed by atoms with E-state index in [4.69, 9.17) is 0 Å². The first kappa shape index (κ1) is 12.5. The molecule has 0 amide bonds. The number of alkyl halides is 2. The van der Waals surface area contributed by atoms with Crippen LogP contribution >= 0.6 is 15.9 Å². The van der Waals surface area contributed by atoms with Crippen molar-refractivity contribution in [2.75, 3.05) is 13.1 Å². The van der Waals surface area contributed by atoms with Gasteiger partial charge < -0.3 is 0 Å². The van der Waals surface area contributed by atoms with E-state index >= 15 is 0 Å². The fourth-order valence-corrected chi connectivity index (χ4v) is 3.17. The standard InChI is InChI=1S/C14H16BrF2N/c15-12-3-1-11(2-4-12)9-18-7-5-13(6-8-18)10-14(13,16)17/h1-4H,5-10H2. The maximum absolute atomic E-state index is 13.2. The maximum Gasteiger partial charge on any atom is 0.254 e. The van der Waals surface area contributed by atoms with Crippen LogP contribution in [0.5, 0.6) is 0 Å². The van der Waals surface area contributed by atoms with Gasteiger partial charge in [0.2, 0.25) is 0 Å². The van der Waals surface area contributed by atoms with E-state index in [1.165, 1.54) is 5.56 Å². The maximum atomic E-state index is 13.2. The van der Waals surface area contributed by atoms with Crippen molar-refractivity contribution in [3.8, 4) is 0 Å². The van der Waals surface area contributed by atoms with Crippen molar-refractivity contribution in [1.29, 1.82) is 0 Å². The molecule has 0 radical (unpaired) electrons. The molecule has 4 heteroatoms. The number of halogens is 3. The zero-order valence-corrected chi connectivity index (χ0v) is 11.7. The molecule has 98 valence electrons. The number of hydrogen-bond donors (Lipinski definition) is 0. The fourth-order valence-electron chi connectivity index (χ4n) is 2.91. The van der Waals surface area contributed by atoms with Crippen LogP contribution in [0.15, 0.2) is 28.7 Å². The van der Waals surface area contributed by atoms with Gasteiger partial charge in [0.15, 0.2) is 0 Å². The minimum absolute atomic E-state index is 0.117. The van der Waals surface area contributed by atoms with Crippen molar-refractivity contribution in [2.45, 2.75) is 31.7 Å². The average molecular weight is 316 g/mol. The second-order valence-electron chi connectivity index (χ2n) is 5.56. The summed E-state index contributed by atoms with van der Waals surface area (Å²) in [4.78, 5) is 2.28. The molecule has 18 heavy (non-hydrogen) atoms. The Bertz CT molecular complexity index is 436. The molecule has 2 fully saturated rings. The van der Waals surface area contributed by atoms with Gasteiger partial charge in [-0.25, -0.2) is 8.78 Å². The smallest absolute Gasteiger partial charge is 0.254 e. The van der Waals surface area contributed by atoms with Crippen molar-refractivity contribution < 1.29 is 8.78 Å². The van der Waals surface area contributed by atoms with Gasteiger partial charge in [0.1, 0.15) is 0 Å². The molecule has 0 bridgehead atoms. The number of piperidine rings is 1. The van der Waals surface area contributed by atoms with Gasteiger partial charge in [-0.2, -0.15) is 0 Å². The Morgan fingerprint density at radius 1 is 1.11 bits per heavy atom. The highest BCUT2D eigenvalue weighted by Crippen LogP contribution is 2.65. The van der Waals surface area contributed by atoms with E-state index in [1.807, 2.05) is 12.1 Å². The zero-order valence-electron chi connectivity index (χ0n) is 10.1. The molecule has 1 spiro atoms. The van der Waals surface area contributed by atoms with Gasteiger partial charge in [0, 0.05) is 22.9 Å². The van der Waals surface area contributed by atoms with Crippen LogP contribution in [0.25, 0.3) is 0 Å². The number of hydrogen-bond acceptors (Lipinski definition) is 1. The molecule has 3 rings (SSSR count). The van der Waals surface area contributed by atoms with Gasteiger partial charge in [0.05, 0.1) is 0 Å². The first-order valence-corrected chi connectivity index (χ1v) is 7.15. The monoisotopic (exact) mass is 315 g/mol. The summed E-state index contributed by atoms with van der Waals surface area (Å²) in [7, 11) is 0. The molecule has 1 saturated heterocycles. The molecule has 1 aromatic carbocycles. The summed E-state index contributed by atoms with van der Waals surface area (Å²) in [6, 6.07) is 8.21. The van der Waals surface area contributed by atoms with E-state index in [1.54, 1.807) is 0 Å². The van der Waals surface area contributed by atoms with Crippen LogP contribution in [0.1, 0.15) is 24.8 Å². The third-order valence-electron chi connectivity index (χ3n) is 4.34. The summed E-state index contributed by atoms with van der Waals surface area (Å²) in [5.74, 6) is -2.38. The molecular weight excluding hydrogens is 300 g/mol. The lowest BCUT2D eigenvalue weighted by Crippen LogP contribution is -2.36. The van der Waals surface area contributed by atoms with Crippen molar-refractivity contribution in [3.63, 3.8) is 0 Å². The van der Waals surface area contributed by atoms with Crippen LogP contribution < -0.4 is 0 Å². The molecule has 1 aliphatic heterocycles. The van der Waals surface area contributed by atoms with Crippen LogP contribution in [-0.4, -0.2) is 23.9 Å². The highest BCUT2D eigenvalue weighted by molar-refractivity contribution is 9.10. The van der Waals surface area contributed by atoms with E-state index in [0.29, 0.717) is 12.8 Å². The number of benzene rings is 1. The molecule has 1 saturated carbocycles. The minimum Gasteiger partial charge on any atom is -0.299 e. The van der Waals surface area contributed by atoms with Crippen LogP contribution in [0.2, 0.25) is 0 Å². The first-order chi connectivity index (χ1) is 8.51. The summed E-state index contributed by atoms with van der Waals surface area (Å²) in [5.41, 5.74) is 0.611. The molecule has 0 aromatic heterocycles. The molecule has 1 aromatic rings. The average Bonchev–Trinajstić information content (AvgIpc) is 2.87. The third-order valence-corrected chi connectivity index (χ3v) is 4.87. The first-order valence-electron chi connectivity index (χ1n) is 6.35. The van der Waals surface area contributed by atoms with Gasteiger partial charge >= 0.3 is 0 Å². The number of likely N-dealkylation sites (tertiary alicyclic amines) is 1. The van der Waals surface area contributed by atoms with E-state index in [-0.39, 0.29) is 6.42 Å². The second-order valence-corrected chi connectivity index (χ2v) is 6.48. The lowest BCUT2D eigenvalue weighted by Gasteiger charge is -2.32. The summed E-state index contributed by atoms with van der Waals surface area (Å²) in [5, 5.41) is 0. The zero-order chi connectivity index (χ0) is 12.8. The summed E-state index contributed by atoms with van der Waals surface area (Å²) in [6.07, 6.45) is 1.42. The van der Waals surface area contributed by atoms with Crippen LogP contribution in [0.3, 0.4) is 0 Å². The van der Waals surface area contributed by atoms with Crippen molar-refractivity contribution in [3.05, 3.63) is 34.3 Å². The van der Waals surface area contributed by atoms with Crippen LogP contribution in [0.4, 0.5) is 8.78 Å². The summed E-state index contributed by atoms with van der Waals surface area (Å²) < 4.78 is 27.6. The lowest BCUT2D eigenvalue weighted by atomic mass is 9.92. The fraction of sp³-hybridized carbons (Fsp3) is 0.571. The Kier molecular flexibility index (Phi) is 2.98.